The lowest BCUT2D eigenvalue weighted by atomic mass is 9.93. The summed E-state index contributed by atoms with van der Waals surface area (Å²) >= 11 is 0. The van der Waals surface area contributed by atoms with Gasteiger partial charge in [0.1, 0.15) is 0 Å². The van der Waals surface area contributed by atoms with E-state index in [-0.39, 0.29) is 0 Å². The average Bonchev–Trinajstić information content (AvgIpc) is 2.18. The molecule has 0 heteroatoms. The van der Waals surface area contributed by atoms with Crippen molar-refractivity contribution in [2.24, 2.45) is 5.92 Å². The Morgan fingerprint density at radius 1 is 0.615 bits per heavy atom. The van der Waals surface area contributed by atoms with E-state index in [1.54, 1.807) is 0 Å². The van der Waals surface area contributed by atoms with Crippen LogP contribution in [-0.2, 0) is 0 Å². The standard InChI is InChI=1S/C9H18.2C2H6/c1-9-7-5-3-2-4-6-8-9;2*1-2/h9H,2-8H2,1H3;2*1-2H3. The highest BCUT2D eigenvalue weighted by Gasteiger charge is 2.04. The molecule has 0 atom stereocenters. The zero-order valence-electron chi connectivity index (χ0n) is 10.5. The van der Waals surface area contributed by atoms with Crippen LogP contribution in [-0.4, -0.2) is 0 Å². The molecule has 0 bridgehead atoms. The first kappa shape index (κ1) is 15.5. The van der Waals surface area contributed by atoms with Crippen molar-refractivity contribution in [1.29, 1.82) is 0 Å². The van der Waals surface area contributed by atoms with Gasteiger partial charge in [0.05, 0.1) is 0 Å². The van der Waals surface area contributed by atoms with Gasteiger partial charge in [0.15, 0.2) is 0 Å². The van der Waals surface area contributed by atoms with Gasteiger partial charge in [-0.1, -0.05) is 79.6 Å². The maximum Gasteiger partial charge on any atom is -0.0443 e. The molecule has 0 spiro atoms. The van der Waals surface area contributed by atoms with Crippen LogP contribution in [0.15, 0.2) is 0 Å². The van der Waals surface area contributed by atoms with Crippen LogP contribution in [0.5, 0.6) is 0 Å². The second kappa shape index (κ2) is 14.5. The molecule has 0 N–H and O–H groups in total. The van der Waals surface area contributed by atoms with Crippen molar-refractivity contribution in [3.63, 3.8) is 0 Å². The van der Waals surface area contributed by atoms with Gasteiger partial charge >= 0.3 is 0 Å². The maximum atomic E-state index is 2.39. The molecule has 0 heterocycles. The Bertz CT molecular complexity index is 58.4. The van der Waals surface area contributed by atoms with Crippen molar-refractivity contribution >= 4 is 0 Å². The number of hydrogen-bond acceptors (Lipinski definition) is 0. The first-order chi connectivity index (χ1) is 6.39. The molecular weight excluding hydrogens is 156 g/mol. The molecule has 1 rings (SSSR count). The Morgan fingerprint density at radius 2 is 0.923 bits per heavy atom. The zero-order chi connectivity index (χ0) is 10.5. The van der Waals surface area contributed by atoms with Gasteiger partial charge in [-0.25, -0.2) is 0 Å². The molecule has 0 amide bonds. The van der Waals surface area contributed by atoms with E-state index in [9.17, 15) is 0 Å². The summed E-state index contributed by atoms with van der Waals surface area (Å²) in [5.74, 6) is 1.02. The summed E-state index contributed by atoms with van der Waals surface area (Å²) in [7, 11) is 0. The predicted molar refractivity (Wildman–Crippen MR) is 64.2 cm³/mol. The summed E-state index contributed by atoms with van der Waals surface area (Å²) < 4.78 is 0. The predicted octanol–water partition coefficient (Wildman–Crippen LogP) is 5.42. The van der Waals surface area contributed by atoms with E-state index in [1.807, 2.05) is 27.7 Å². The molecule has 1 aliphatic carbocycles. The van der Waals surface area contributed by atoms with E-state index in [0.717, 1.165) is 5.92 Å². The number of rotatable bonds is 0. The summed E-state index contributed by atoms with van der Waals surface area (Å²) in [4.78, 5) is 0. The lowest BCUT2D eigenvalue weighted by molar-refractivity contribution is 0.404. The van der Waals surface area contributed by atoms with Crippen LogP contribution in [0.1, 0.15) is 79.6 Å². The van der Waals surface area contributed by atoms with Crippen molar-refractivity contribution in [3.05, 3.63) is 0 Å². The minimum atomic E-state index is 1.02. The summed E-state index contributed by atoms with van der Waals surface area (Å²) in [6.45, 7) is 10.4. The van der Waals surface area contributed by atoms with Crippen molar-refractivity contribution < 1.29 is 0 Å². The van der Waals surface area contributed by atoms with E-state index in [0.29, 0.717) is 0 Å². The molecule has 0 unspecified atom stereocenters. The van der Waals surface area contributed by atoms with Gasteiger partial charge in [-0.05, 0) is 5.92 Å². The normalized spacial score (nSPS) is 18.2. The minimum absolute atomic E-state index is 1.02. The Hall–Kier alpha value is 0. The summed E-state index contributed by atoms with van der Waals surface area (Å²) in [5, 5.41) is 0. The van der Waals surface area contributed by atoms with Crippen molar-refractivity contribution in [2.45, 2.75) is 79.6 Å². The molecule has 0 nitrogen and oxygen atoms in total. The van der Waals surface area contributed by atoms with Crippen LogP contribution < -0.4 is 0 Å². The molecule has 0 aromatic rings. The van der Waals surface area contributed by atoms with Gasteiger partial charge in [-0.2, -0.15) is 0 Å². The third-order valence-electron chi connectivity index (χ3n) is 2.39. The van der Waals surface area contributed by atoms with E-state index >= 15 is 0 Å². The fourth-order valence-electron chi connectivity index (χ4n) is 1.66. The molecule has 0 aromatic heterocycles. The van der Waals surface area contributed by atoms with Crippen LogP contribution in [0, 0.1) is 5.92 Å². The number of hydrogen-bond donors (Lipinski definition) is 0. The first-order valence-corrected chi connectivity index (χ1v) is 6.39. The molecule has 0 radical (unpaired) electrons. The van der Waals surface area contributed by atoms with Crippen molar-refractivity contribution in [2.75, 3.05) is 0 Å². The van der Waals surface area contributed by atoms with E-state index in [1.165, 1.54) is 44.9 Å². The van der Waals surface area contributed by atoms with E-state index in [2.05, 4.69) is 6.92 Å². The van der Waals surface area contributed by atoms with Crippen LogP contribution in [0.2, 0.25) is 0 Å². The third-order valence-corrected chi connectivity index (χ3v) is 2.39. The molecule has 1 fully saturated rings. The molecule has 1 aliphatic rings. The Kier molecular flexibility index (Phi) is 17.3. The van der Waals surface area contributed by atoms with Crippen LogP contribution >= 0.6 is 0 Å². The van der Waals surface area contributed by atoms with Crippen LogP contribution in [0.25, 0.3) is 0 Å². The van der Waals surface area contributed by atoms with Gasteiger partial charge < -0.3 is 0 Å². The Labute approximate surface area is 86.1 Å². The SMILES string of the molecule is CC.CC.CC1CCCCCCC1. The average molecular weight is 186 g/mol. The highest BCUT2D eigenvalue weighted by molar-refractivity contribution is 4.58. The van der Waals surface area contributed by atoms with Gasteiger partial charge in [-0.3, -0.25) is 0 Å². The smallest absolute Gasteiger partial charge is 0.0443 e. The maximum absolute atomic E-state index is 2.39. The fraction of sp³-hybridized carbons (Fsp3) is 1.00. The second-order valence-electron chi connectivity index (χ2n) is 3.45. The summed E-state index contributed by atoms with van der Waals surface area (Å²) in [6, 6.07) is 0. The highest BCUT2D eigenvalue weighted by atomic mass is 14.1. The zero-order valence-corrected chi connectivity index (χ0v) is 10.5. The topological polar surface area (TPSA) is 0 Å². The quantitative estimate of drug-likeness (QED) is 0.474. The largest absolute Gasteiger partial charge is 0.0683 e. The van der Waals surface area contributed by atoms with Gasteiger partial charge in [-0.15, -0.1) is 0 Å². The summed E-state index contributed by atoms with van der Waals surface area (Å²) in [5.41, 5.74) is 0. The first-order valence-electron chi connectivity index (χ1n) is 6.39. The van der Waals surface area contributed by atoms with E-state index < -0.39 is 0 Å². The van der Waals surface area contributed by atoms with Crippen LogP contribution in [0.4, 0.5) is 0 Å². The Morgan fingerprint density at radius 3 is 1.31 bits per heavy atom. The minimum Gasteiger partial charge on any atom is -0.0683 e. The fourth-order valence-corrected chi connectivity index (χ4v) is 1.66. The van der Waals surface area contributed by atoms with Gasteiger partial charge in [0.2, 0.25) is 0 Å². The second-order valence-corrected chi connectivity index (χ2v) is 3.45. The Balaban J connectivity index is 0. The molecule has 13 heavy (non-hydrogen) atoms. The van der Waals surface area contributed by atoms with Gasteiger partial charge in [0, 0.05) is 0 Å². The van der Waals surface area contributed by atoms with E-state index in [4.69, 9.17) is 0 Å². The molecule has 0 aromatic carbocycles. The lowest BCUT2D eigenvalue weighted by Crippen LogP contribution is -1.97. The molecule has 0 saturated heterocycles. The van der Waals surface area contributed by atoms with Crippen molar-refractivity contribution in [3.8, 4) is 0 Å². The third kappa shape index (κ3) is 12.0. The molecule has 1 saturated carbocycles. The molecule has 82 valence electrons. The molecule has 0 aliphatic heterocycles. The summed E-state index contributed by atoms with van der Waals surface area (Å²) in [6.07, 6.45) is 10.4. The highest BCUT2D eigenvalue weighted by Crippen LogP contribution is 2.20. The van der Waals surface area contributed by atoms with Gasteiger partial charge in [0.25, 0.3) is 0 Å². The molecular formula is C13H30. The van der Waals surface area contributed by atoms with Crippen molar-refractivity contribution in [1.82, 2.24) is 0 Å². The van der Waals surface area contributed by atoms with Crippen LogP contribution in [0.3, 0.4) is 0 Å². The lowest BCUT2D eigenvalue weighted by Gasteiger charge is -2.13. The monoisotopic (exact) mass is 186 g/mol.